The van der Waals surface area contributed by atoms with Gasteiger partial charge in [-0.3, -0.25) is 10.0 Å². The van der Waals surface area contributed by atoms with Crippen LogP contribution in [-0.2, 0) is 9.36 Å². The van der Waals surface area contributed by atoms with E-state index in [1.165, 1.54) is 0 Å². The zero-order valence-corrected chi connectivity index (χ0v) is 8.69. The van der Waals surface area contributed by atoms with Crippen LogP contribution in [0, 0.1) is 0 Å². The Morgan fingerprint density at radius 1 is 1.50 bits per heavy atom. The number of hydroxylamine groups is 2. The van der Waals surface area contributed by atoms with E-state index in [2.05, 4.69) is 0 Å². The number of carbonyl (C=O) groups is 1. The number of carbonyl (C=O) groups excluding carboxylic acids is 1. The fraction of sp³-hybridized carbons (Fsp3) is 0.750. The maximum absolute atomic E-state index is 9.98. The molecular formula is C4H8MgNO5P. The molecule has 0 saturated heterocycles. The van der Waals surface area contributed by atoms with Gasteiger partial charge in [0.1, 0.15) is 0 Å². The molecule has 12 heavy (non-hydrogen) atoms. The molecule has 0 aliphatic carbocycles. The van der Waals surface area contributed by atoms with E-state index in [0.717, 1.165) is 0 Å². The molecule has 0 atom stereocenters. The number of hydrogen-bond donors (Lipinski definition) is 1. The number of amides is 1. The maximum atomic E-state index is 9.98. The van der Waals surface area contributed by atoms with Crippen LogP contribution in [0.15, 0.2) is 0 Å². The molecule has 0 aromatic rings. The summed E-state index contributed by atoms with van der Waals surface area (Å²) in [6.07, 6.45) is -0.446. The SMILES string of the molecule is O=CN(O)CCCP(=O)([O-])[O-].[Mg+2]. The predicted molar refractivity (Wildman–Crippen MR) is 37.4 cm³/mol. The van der Waals surface area contributed by atoms with Gasteiger partial charge in [0.2, 0.25) is 6.41 Å². The molecular weight excluding hydrogens is 197 g/mol. The van der Waals surface area contributed by atoms with E-state index in [-0.39, 0.29) is 47.5 Å². The van der Waals surface area contributed by atoms with Gasteiger partial charge in [0.05, 0.1) is 0 Å². The molecule has 0 saturated carbocycles. The van der Waals surface area contributed by atoms with Gasteiger partial charge in [-0.25, -0.2) is 5.06 Å². The fourth-order valence-corrected chi connectivity index (χ4v) is 1.01. The minimum Gasteiger partial charge on any atom is -0.811 e. The van der Waals surface area contributed by atoms with Crippen molar-refractivity contribution in [3.05, 3.63) is 0 Å². The van der Waals surface area contributed by atoms with Gasteiger partial charge < -0.3 is 14.4 Å². The summed E-state index contributed by atoms with van der Waals surface area (Å²) < 4.78 is 9.98. The zero-order chi connectivity index (χ0) is 8.91. The van der Waals surface area contributed by atoms with Gasteiger partial charge in [-0.2, -0.15) is 0 Å². The van der Waals surface area contributed by atoms with Gasteiger partial charge in [-0.05, 0) is 12.6 Å². The Morgan fingerprint density at radius 2 is 2.00 bits per heavy atom. The van der Waals surface area contributed by atoms with Crippen LogP contribution in [0.4, 0.5) is 0 Å². The molecule has 0 rings (SSSR count). The summed E-state index contributed by atoms with van der Waals surface area (Å²) in [5.41, 5.74) is 0. The van der Waals surface area contributed by atoms with E-state index in [9.17, 15) is 19.1 Å². The van der Waals surface area contributed by atoms with E-state index in [1.54, 1.807) is 0 Å². The van der Waals surface area contributed by atoms with Crippen molar-refractivity contribution < 1.29 is 24.4 Å². The maximum Gasteiger partial charge on any atom is 2.00 e. The zero-order valence-electron chi connectivity index (χ0n) is 6.38. The van der Waals surface area contributed by atoms with E-state index in [0.29, 0.717) is 0 Å². The van der Waals surface area contributed by atoms with Gasteiger partial charge in [0.15, 0.2) is 0 Å². The van der Waals surface area contributed by atoms with E-state index < -0.39 is 13.8 Å². The first-order chi connectivity index (χ1) is 4.95. The Hall–Kier alpha value is 0.346. The van der Waals surface area contributed by atoms with Crippen LogP contribution in [0.2, 0.25) is 0 Å². The molecule has 1 amide bonds. The Bertz CT molecular complexity index is 171. The van der Waals surface area contributed by atoms with Crippen LogP contribution in [0.3, 0.4) is 0 Å². The first-order valence-electron chi connectivity index (χ1n) is 2.87. The molecule has 0 fully saturated rings. The Kier molecular flexibility index (Phi) is 8.44. The predicted octanol–water partition coefficient (Wildman–Crippen LogP) is -2.24. The summed E-state index contributed by atoms with van der Waals surface area (Å²) in [6.45, 7) is -0.141. The monoisotopic (exact) mass is 205 g/mol. The van der Waals surface area contributed by atoms with E-state index in [1.807, 2.05) is 0 Å². The topological polar surface area (TPSA) is 104 Å². The quantitative estimate of drug-likeness (QED) is 0.180. The molecule has 66 valence electrons. The summed E-state index contributed by atoms with van der Waals surface area (Å²) in [6, 6.07) is 0. The average molecular weight is 205 g/mol. The summed E-state index contributed by atoms with van der Waals surface area (Å²) in [5, 5.41) is 8.71. The molecule has 0 aromatic carbocycles. The van der Waals surface area contributed by atoms with Crippen molar-refractivity contribution in [2.75, 3.05) is 12.7 Å². The summed E-state index contributed by atoms with van der Waals surface area (Å²) >= 11 is 0. The van der Waals surface area contributed by atoms with Crippen LogP contribution >= 0.6 is 7.60 Å². The molecule has 8 heteroatoms. The Labute approximate surface area is 85.8 Å². The van der Waals surface area contributed by atoms with Crippen molar-refractivity contribution in [3.8, 4) is 0 Å². The number of hydrogen-bond acceptors (Lipinski definition) is 5. The van der Waals surface area contributed by atoms with E-state index >= 15 is 0 Å². The molecule has 0 bridgehead atoms. The van der Waals surface area contributed by atoms with Crippen LogP contribution in [0.25, 0.3) is 0 Å². The molecule has 0 radical (unpaired) electrons. The van der Waals surface area contributed by atoms with Crippen molar-refractivity contribution in [2.24, 2.45) is 0 Å². The number of nitrogens with zero attached hydrogens (tertiary/aromatic N) is 1. The molecule has 0 aliphatic heterocycles. The van der Waals surface area contributed by atoms with Crippen molar-refractivity contribution in [2.45, 2.75) is 6.42 Å². The first kappa shape index (κ1) is 14.8. The standard InChI is InChI=1S/C4H10NO5P.Mg/c6-4-5(7)2-1-3-11(8,9)10;/h4,7H,1-3H2,(H2,8,9,10);/q;+2/p-2. The summed E-state index contributed by atoms with van der Waals surface area (Å²) in [5.74, 6) is 0. The molecule has 0 spiro atoms. The van der Waals surface area contributed by atoms with Crippen molar-refractivity contribution >= 4 is 37.1 Å². The number of rotatable bonds is 5. The fourth-order valence-electron chi connectivity index (χ4n) is 0.479. The second kappa shape index (κ2) is 6.82. The first-order valence-corrected chi connectivity index (χ1v) is 4.60. The van der Waals surface area contributed by atoms with Gasteiger partial charge >= 0.3 is 23.1 Å². The normalized spacial score (nSPS) is 10.2. The van der Waals surface area contributed by atoms with Gasteiger partial charge in [0.25, 0.3) is 0 Å². The van der Waals surface area contributed by atoms with Crippen LogP contribution < -0.4 is 9.79 Å². The summed E-state index contributed by atoms with van der Waals surface area (Å²) in [7, 11) is -4.49. The molecule has 0 heterocycles. The average Bonchev–Trinajstić information content (AvgIpc) is 1.85. The van der Waals surface area contributed by atoms with Crippen LogP contribution in [0.1, 0.15) is 6.42 Å². The van der Waals surface area contributed by atoms with E-state index in [4.69, 9.17) is 5.21 Å². The second-order valence-corrected chi connectivity index (χ2v) is 3.63. The third kappa shape index (κ3) is 10.3. The Morgan fingerprint density at radius 3 is 2.33 bits per heavy atom. The van der Waals surface area contributed by atoms with Gasteiger partial charge in [-0.1, -0.05) is 7.60 Å². The van der Waals surface area contributed by atoms with Crippen LogP contribution in [-0.4, -0.2) is 52.4 Å². The largest absolute Gasteiger partial charge is 2.00 e. The minimum atomic E-state index is -4.49. The molecule has 6 nitrogen and oxygen atoms in total. The molecule has 0 aromatic heterocycles. The molecule has 0 aliphatic rings. The van der Waals surface area contributed by atoms with Gasteiger partial charge in [0, 0.05) is 6.54 Å². The van der Waals surface area contributed by atoms with Crippen molar-refractivity contribution in [3.63, 3.8) is 0 Å². The molecule has 1 N–H and O–H groups in total. The van der Waals surface area contributed by atoms with Crippen LogP contribution in [0.5, 0.6) is 0 Å². The third-order valence-corrected chi connectivity index (χ3v) is 1.80. The minimum absolute atomic E-state index is 0. The van der Waals surface area contributed by atoms with Crippen molar-refractivity contribution in [1.82, 2.24) is 5.06 Å². The molecule has 0 unspecified atom stereocenters. The summed E-state index contributed by atoms with van der Waals surface area (Å²) in [4.78, 5) is 29.7. The Balaban J connectivity index is 0. The smallest absolute Gasteiger partial charge is 0.811 e. The third-order valence-electron chi connectivity index (χ3n) is 0.941. The second-order valence-electron chi connectivity index (χ2n) is 1.96. The van der Waals surface area contributed by atoms with Gasteiger partial charge in [-0.15, -0.1) is 0 Å². The van der Waals surface area contributed by atoms with Crippen molar-refractivity contribution in [1.29, 1.82) is 0 Å².